The molecule has 4 nitrogen and oxygen atoms in total. The van der Waals surface area contributed by atoms with Crippen LogP contribution in [0.25, 0.3) is 11.3 Å². The van der Waals surface area contributed by atoms with Crippen LogP contribution in [0.4, 0.5) is 0 Å². The van der Waals surface area contributed by atoms with Crippen LogP contribution in [-0.2, 0) is 20.0 Å². The molecule has 2 aromatic rings. The number of benzene rings is 1. The Morgan fingerprint density at radius 1 is 1.44 bits per heavy atom. The number of fused-ring (bicyclic) bond motifs is 1. The van der Waals surface area contributed by atoms with E-state index >= 15 is 0 Å². The van der Waals surface area contributed by atoms with Gasteiger partial charge in [0.2, 0.25) is 0 Å². The third kappa shape index (κ3) is 1.88. The first-order chi connectivity index (χ1) is 8.78. The van der Waals surface area contributed by atoms with Crippen molar-refractivity contribution in [3.05, 3.63) is 35.5 Å². The van der Waals surface area contributed by atoms with Crippen LogP contribution in [-0.4, -0.2) is 16.4 Å². The molecule has 0 bridgehead atoms. The smallest absolute Gasteiger partial charge is 0.122 e. The first kappa shape index (κ1) is 11.3. The van der Waals surface area contributed by atoms with Crippen molar-refractivity contribution >= 4 is 0 Å². The maximum atomic E-state index is 5.76. The topological polar surface area (TPSA) is 53.1 Å². The van der Waals surface area contributed by atoms with Gasteiger partial charge in [0, 0.05) is 30.9 Å². The molecule has 1 aromatic carbocycles. The summed E-state index contributed by atoms with van der Waals surface area (Å²) in [5.41, 5.74) is 10.2. The fourth-order valence-electron chi connectivity index (χ4n) is 2.44. The van der Waals surface area contributed by atoms with Crippen LogP contribution >= 0.6 is 0 Å². The van der Waals surface area contributed by atoms with Gasteiger partial charge in [0.05, 0.1) is 12.3 Å². The van der Waals surface area contributed by atoms with E-state index in [4.69, 9.17) is 10.5 Å². The molecule has 2 heterocycles. The highest BCUT2D eigenvalue weighted by molar-refractivity contribution is 5.65. The molecule has 0 fully saturated rings. The molecule has 1 aromatic heterocycles. The molecule has 0 spiro atoms. The van der Waals surface area contributed by atoms with E-state index in [0.29, 0.717) is 6.54 Å². The molecule has 0 aliphatic carbocycles. The summed E-state index contributed by atoms with van der Waals surface area (Å²) in [7, 11) is 1.92. The zero-order valence-electron chi connectivity index (χ0n) is 10.5. The van der Waals surface area contributed by atoms with Crippen LogP contribution in [0.2, 0.25) is 0 Å². The normalized spacial score (nSPS) is 14.1. The minimum Gasteiger partial charge on any atom is -0.493 e. The lowest BCUT2D eigenvalue weighted by molar-refractivity contribution is 0.288. The van der Waals surface area contributed by atoms with Gasteiger partial charge in [-0.1, -0.05) is 0 Å². The fourth-order valence-corrected chi connectivity index (χ4v) is 2.44. The van der Waals surface area contributed by atoms with E-state index in [-0.39, 0.29) is 0 Å². The standard InChI is InChI=1S/C14H17N3O/c1-17-9-12(8-15)14(16-17)11-4-5-13-10(7-11)3-2-6-18-13/h4-5,7,9H,2-3,6,8,15H2,1H3. The number of aromatic nitrogens is 2. The summed E-state index contributed by atoms with van der Waals surface area (Å²) in [6, 6.07) is 6.28. The van der Waals surface area contributed by atoms with E-state index in [1.54, 1.807) is 0 Å². The minimum absolute atomic E-state index is 0.511. The van der Waals surface area contributed by atoms with Crippen LogP contribution in [0, 0.1) is 0 Å². The zero-order chi connectivity index (χ0) is 12.5. The Hall–Kier alpha value is -1.81. The van der Waals surface area contributed by atoms with Gasteiger partial charge in [0.1, 0.15) is 5.75 Å². The van der Waals surface area contributed by atoms with Crippen molar-refractivity contribution in [2.24, 2.45) is 12.8 Å². The largest absolute Gasteiger partial charge is 0.493 e. The number of nitrogens with zero attached hydrogens (tertiary/aromatic N) is 2. The lowest BCUT2D eigenvalue weighted by atomic mass is 10.0. The van der Waals surface area contributed by atoms with Gasteiger partial charge < -0.3 is 10.5 Å². The molecule has 4 heteroatoms. The Morgan fingerprint density at radius 2 is 2.33 bits per heavy atom. The van der Waals surface area contributed by atoms with Crippen LogP contribution in [0.1, 0.15) is 17.5 Å². The Balaban J connectivity index is 2.06. The predicted molar refractivity (Wildman–Crippen MR) is 70.4 cm³/mol. The highest BCUT2D eigenvalue weighted by atomic mass is 16.5. The summed E-state index contributed by atoms with van der Waals surface area (Å²) in [6.45, 7) is 1.33. The second kappa shape index (κ2) is 4.46. The number of rotatable bonds is 2. The molecule has 1 aliphatic rings. The maximum absolute atomic E-state index is 5.76. The highest BCUT2D eigenvalue weighted by Crippen LogP contribution is 2.30. The molecule has 2 N–H and O–H groups in total. The van der Waals surface area contributed by atoms with Gasteiger partial charge in [0.25, 0.3) is 0 Å². The third-order valence-corrected chi connectivity index (χ3v) is 3.31. The molecule has 0 saturated heterocycles. The number of hydrogen-bond donors (Lipinski definition) is 1. The van der Waals surface area contributed by atoms with E-state index in [2.05, 4.69) is 17.2 Å². The van der Waals surface area contributed by atoms with E-state index in [0.717, 1.165) is 42.0 Å². The predicted octanol–water partition coefficient (Wildman–Crippen LogP) is 1.87. The van der Waals surface area contributed by atoms with Crippen LogP contribution in [0.15, 0.2) is 24.4 Å². The van der Waals surface area contributed by atoms with Crippen LogP contribution in [0.3, 0.4) is 0 Å². The monoisotopic (exact) mass is 243 g/mol. The van der Waals surface area contributed by atoms with Gasteiger partial charge in [-0.3, -0.25) is 4.68 Å². The average molecular weight is 243 g/mol. The highest BCUT2D eigenvalue weighted by Gasteiger charge is 2.14. The van der Waals surface area contributed by atoms with Gasteiger partial charge in [-0.05, 0) is 36.6 Å². The fraction of sp³-hybridized carbons (Fsp3) is 0.357. The number of hydrogen-bond acceptors (Lipinski definition) is 3. The van der Waals surface area contributed by atoms with E-state index < -0.39 is 0 Å². The summed E-state index contributed by atoms with van der Waals surface area (Å²) in [4.78, 5) is 0. The number of aryl methyl sites for hydroxylation is 2. The number of nitrogens with two attached hydrogens (primary N) is 1. The Kier molecular flexibility index (Phi) is 2.80. The summed E-state index contributed by atoms with van der Waals surface area (Å²) in [5.74, 6) is 1.01. The quantitative estimate of drug-likeness (QED) is 0.876. The van der Waals surface area contributed by atoms with Gasteiger partial charge in [-0.2, -0.15) is 5.10 Å². The van der Waals surface area contributed by atoms with Crippen LogP contribution in [0.5, 0.6) is 5.75 Å². The van der Waals surface area contributed by atoms with Crippen molar-refractivity contribution in [1.82, 2.24) is 9.78 Å². The first-order valence-electron chi connectivity index (χ1n) is 6.26. The van der Waals surface area contributed by atoms with Crippen molar-refractivity contribution in [2.45, 2.75) is 19.4 Å². The molecule has 0 saturated carbocycles. The molecule has 18 heavy (non-hydrogen) atoms. The SMILES string of the molecule is Cn1cc(CN)c(-c2ccc3c(c2)CCCO3)n1. The van der Waals surface area contributed by atoms with Crippen molar-refractivity contribution in [2.75, 3.05) is 6.61 Å². The molecular formula is C14H17N3O. The molecule has 1 aliphatic heterocycles. The van der Waals surface area contributed by atoms with E-state index in [1.807, 2.05) is 24.0 Å². The first-order valence-corrected chi connectivity index (χ1v) is 6.26. The van der Waals surface area contributed by atoms with Gasteiger partial charge in [-0.15, -0.1) is 0 Å². The van der Waals surface area contributed by atoms with E-state index in [9.17, 15) is 0 Å². The maximum Gasteiger partial charge on any atom is 0.122 e. The molecule has 0 atom stereocenters. The van der Waals surface area contributed by atoms with Crippen molar-refractivity contribution in [1.29, 1.82) is 0 Å². The average Bonchev–Trinajstić information content (AvgIpc) is 2.79. The van der Waals surface area contributed by atoms with Gasteiger partial charge >= 0.3 is 0 Å². The van der Waals surface area contributed by atoms with Crippen molar-refractivity contribution in [3.63, 3.8) is 0 Å². The van der Waals surface area contributed by atoms with Gasteiger partial charge in [0.15, 0.2) is 0 Å². The molecule has 0 radical (unpaired) electrons. The lowest BCUT2D eigenvalue weighted by Gasteiger charge is -2.17. The van der Waals surface area contributed by atoms with Gasteiger partial charge in [-0.25, -0.2) is 0 Å². The molecule has 94 valence electrons. The molecular weight excluding hydrogens is 226 g/mol. The summed E-state index contributed by atoms with van der Waals surface area (Å²) in [6.07, 6.45) is 4.14. The second-order valence-electron chi connectivity index (χ2n) is 4.66. The van der Waals surface area contributed by atoms with Crippen LogP contribution < -0.4 is 10.5 Å². The molecule has 0 amide bonds. The van der Waals surface area contributed by atoms with Crippen molar-refractivity contribution < 1.29 is 4.74 Å². The van der Waals surface area contributed by atoms with Crippen molar-refractivity contribution in [3.8, 4) is 17.0 Å². The summed E-state index contributed by atoms with van der Waals surface area (Å²) in [5, 5.41) is 4.50. The number of ether oxygens (including phenoxy) is 1. The lowest BCUT2D eigenvalue weighted by Crippen LogP contribution is -2.08. The molecule has 3 rings (SSSR count). The Morgan fingerprint density at radius 3 is 3.17 bits per heavy atom. The second-order valence-corrected chi connectivity index (χ2v) is 4.66. The van der Waals surface area contributed by atoms with E-state index in [1.165, 1.54) is 5.56 Å². The Bertz CT molecular complexity index is 574. The summed E-state index contributed by atoms with van der Waals surface area (Å²) >= 11 is 0. The molecule has 0 unspecified atom stereocenters. The minimum atomic E-state index is 0.511. The Labute approximate surface area is 106 Å². The summed E-state index contributed by atoms with van der Waals surface area (Å²) < 4.78 is 7.44. The zero-order valence-corrected chi connectivity index (χ0v) is 10.5. The third-order valence-electron chi connectivity index (χ3n) is 3.31.